The standard InChI is InChI=1S/C15H21NO/c1-3-4-5-6-7-10-17-15-11-13(2)8-9-14(15)12-16/h8-9,11H,3-7,10H2,1-2H3. The second-order valence-corrected chi connectivity index (χ2v) is 4.37. The van der Waals surface area contributed by atoms with E-state index in [1.807, 2.05) is 25.1 Å². The number of unbranched alkanes of at least 4 members (excludes halogenated alkanes) is 4. The Morgan fingerprint density at radius 1 is 1.18 bits per heavy atom. The molecule has 0 aromatic heterocycles. The van der Waals surface area contributed by atoms with Crippen molar-refractivity contribution >= 4 is 0 Å². The van der Waals surface area contributed by atoms with Crippen molar-refractivity contribution in [1.29, 1.82) is 5.26 Å². The number of hydrogen-bond acceptors (Lipinski definition) is 2. The third-order valence-corrected chi connectivity index (χ3v) is 2.76. The molecule has 1 aromatic carbocycles. The molecule has 2 nitrogen and oxygen atoms in total. The molecule has 0 heterocycles. The zero-order valence-electron chi connectivity index (χ0n) is 10.8. The van der Waals surface area contributed by atoms with Crippen molar-refractivity contribution in [3.05, 3.63) is 29.3 Å². The highest BCUT2D eigenvalue weighted by molar-refractivity contribution is 5.44. The van der Waals surface area contributed by atoms with Gasteiger partial charge in [0, 0.05) is 0 Å². The Morgan fingerprint density at radius 3 is 2.65 bits per heavy atom. The zero-order chi connectivity index (χ0) is 12.5. The van der Waals surface area contributed by atoms with Crippen molar-refractivity contribution in [2.24, 2.45) is 0 Å². The van der Waals surface area contributed by atoms with Crippen LogP contribution >= 0.6 is 0 Å². The molecule has 0 saturated carbocycles. The Hall–Kier alpha value is -1.49. The fraction of sp³-hybridized carbons (Fsp3) is 0.533. The van der Waals surface area contributed by atoms with Crippen LogP contribution in [0.15, 0.2) is 18.2 Å². The molecule has 0 aliphatic rings. The summed E-state index contributed by atoms with van der Waals surface area (Å²) in [6, 6.07) is 7.85. The molecule has 0 aliphatic heterocycles. The number of aryl methyl sites for hydroxylation is 1. The highest BCUT2D eigenvalue weighted by atomic mass is 16.5. The molecular weight excluding hydrogens is 210 g/mol. The Kier molecular flexibility index (Phi) is 6.17. The zero-order valence-corrected chi connectivity index (χ0v) is 10.8. The van der Waals surface area contributed by atoms with Crippen LogP contribution in [0.2, 0.25) is 0 Å². The summed E-state index contributed by atoms with van der Waals surface area (Å²) >= 11 is 0. The molecule has 0 N–H and O–H groups in total. The lowest BCUT2D eigenvalue weighted by atomic mass is 10.1. The minimum absolute atomic E-state index is 0.629. The Labute approximate surface area is 104 Å². The van der Waals surface area contributed by atoms with Gasteiger partial charge in [0.05, 0.1) is 12.2 Å². The first kappa shape index (κ1) is 13.6. The average Bonchev–Trinajstić information content (AvgIpc) is 2.34. The lowest BCUT2D eigenvalue weighted by Gasteiger charge is -2.08. The van der Waals surface area contributed by atoms with E-state index in [4.69, 9.17) is 10.00 Å². The summed E-state index contributed by atoms with van der Waals surface area (Å²) in [6.07, 6.45) is 6.12. The van der Waals surface area contributed by atoms with E-state index in [-0.39, 0.29) is 0 Å². The second-order valence-electron chi connectivity index (χ2n) is 4.37. The van der Waals surface area contributed by atoms with Gasteiger partial charge in [-0.15, -0.1) is 0 Å². The van der Waals surface area contributed by atoms with E-state index >= 15 is 0 Å². The SMILES string of the molecule is CCCCCCCOc1cc(C)ccc1C#N. The molecule has 0 aliphatic carbocycles. The monoisotopic (exact) mass is 231 g/mol. The van der Waals surface area contributed by atoms with Crippen LogP contribution in [0, 0.1) is 18.3 Å². The maximum Gasteiger partial charge on any atom is 0.137 e. The maximum atomic E-state index is 8.95. The molecule has 0 unspecified atom stereocenters. The summed E-state index contributed by atoms with van der Waals surface area (Å²) in [7, 11) is 0. The van der Waals surface area contributed by atoms with Crippen LogP contribution in [-0.4, -0.2) is 6.61 Å². The first-order valence-electron chi connectivity index (χ1n) is 6.41. The molecule has 1 rings (SSSR count). The van der Waals surface area contributed by atoms with E-state index in [2.05, 4.69) is 13.0 Å². The summed E-state index contributed by atoms with van der Waals surface area (Å²) in [5, 5.41) is 8.95. The van der Waals surface area contributed by atoms with Gasteiger partial charge in [0.1, 0.15) is 11.8 Å². The van der Waals surface area contributed by atoms with Crippen LogP contribution < -0.4 is 4.74 Å². The highest BCUT2D eigenvalue weighted by Crippen LogP contribution is 2.19. The third kappa shape index (κ3) is 4.91. The van der Waals surface area contributed by atoms with Gasteiger partial charge in [-0.1, -0.05) is 38.7 Å². The van der Waals surface area contributed by atoms with Crippen LogP contribution in [-0.2, 0) is 0 Å². The van der Waals surface area contributed by atoms with Gasteiger partial charge >= 0.3 is 0 Å². The number of nitriles is 1. The average molecular weight is 231 g/mol. The summed E-state index contributed by atoms with van der Waals surface area (Å²) in [5.41, 5.74) is 1.76. The van der Waals surface area contributed by atoms with Crippen molar-refractivity contribution in [2.45, 2.75) is 46.0 Å². The maximum absolute atomic E-state index is 8.95. The summed E-state index contributed by atoms with van der Waals surface area (Å²) in [5.74, 6) is 0.725. The van der Waals surface area contributed by atoms with Gasteiger partial charge in [-0.05, 0) is 31.0 Å². The van der Waals surface area contributed by atoms with Gasteiger partial charge in [-0.25, -0.2) is 0 Å². The Bertz CT molecular complexity index is 379. The fourth-order valence-electron chi connectivity index (χ4n) is 1.73. The predicted octanol–water partition coefficient (Wildman–Crippen LogP) is 4.22. The van der Waals surface area contributed by atoms with E-state index < -0.39 is 0 Å². The minimum atomic E-state index is 0.629. The molecule has 2 heteroatoms. The largest absolute Gasteiger partial charge is 0.492 e. The number of ether oxygens (including phenoxy) is 1. The van der Waals surface area contributed by atoms with Crippen LogP contribution in [0.25, 0.3) is 0 Å². The molecule has 1 aromatic rings. The molecule has 0 amide bonds. The van der Waals surface area contributed by atoms with E-state index in [9.17, 15) is 0 Å². The summed E-state index contributed by atoms with van der Waals surface area (Å²) in [6.45, 7) is 4.93. The fourth-order valence-corrected chi connectivity index (χ4v) is 1.73. The minimum Gasteiger partial charge on any atom is -0.492 e. The van der Waals surface area contributed by atoms with Crippen molar-refractivity contribution in [3.8, 4) is 11.8 Å². The molecule has 0 saturated heterocycles. The van der Waals surface area contributed by atoms with Crippen LogP contribution in [0.4, 0.5) is 0 Å². The quantitative estimate of drug-likeness (QED) is 0.658. The van der Waals surface area contributed by atoms with Crippen LogP contribution in [0.1, 0.15) is 50.2 Å². The van der Waals surface area contributed by atoms with Crippen molar-refractivity contribution < 1.29 is 4.74 Å². The van der Waals surface area contributed by atoms with Crippen LogP contribution in [0.3, 0.4) is 0 Å². The highest BCUT2D eigenvalue weighted by Gasteiger charge is 2.02. The van der Waals surface area contributed by atoms with Crippen molar-refractivity contribution in [2.75, 3.05) is 6.61 Å². The number of nitrogens with zero attached hydrogens (tertiary/aromatic N) is 1. The van der Waals surface area contributed by atoms with Gasteiger partial charge < -0.3 is 4.74 Å². The molecule has 92 valence electrons. The molecular formula is C15H21NO. The molecule has 0 radical (unpaired) electrons. The first-order valence-corrected chi connectivity index (χ1v) is 6.41. The Morgan fingerprint density at radius 2 is 1.94 bits per heavy atom. The number of benzene rings is 1. The van der Waals surface area contributed by atoms with Crippen molar-refractivity contribution in [1.82, 2.24) is 0 Å². The first-order chi connectivity index (χ1) is 8.27. The van der Waals surface area contributed by atoms with Crippen molar-refractivity contribution in [3.63, 3.8) is 0 Å². The van der Waals surface area contributed by atoms with Gasteiger partial charge in [0.25, 0.3) is 0 Å². The Balaban J connectivity index is 2.36. The van der Waals surface area contributed by atoms with Gasteiger partial charge in [-0.2, -0.15) is 5.26 Å². The third-order valence-electron chi connectivity index (χ3n) is 2.76. The lowest BCUT2D eigenvalue weighted by Crippen LogP contribution is -1.99. The number of hydrogen-bond donors (Lipinski definition) is 0. The molecule has 0 fully saturated rings. The lowest BCUT2D eigenvalue weighted by molar-refractivity contribution is 0.303. The molecule has 0 spiro atoms. The normalized spacial score (nSPS) is 9.94. The summed E-state index contributed by atoms with van der Waals surface area (Å²) in [4.78, 5) is 0. The molecule has 17 heavy (non-hydrogen) atoms. The second kappa shape index (κ2) is 7.73. The predicted molar refractivity (Wildman–Crippen MR) is 70.1 cm³/mol. The van der Waals surface area contributed by atoms with Gasteiger partial charge in [0.2, 0.25) is 0 Å². The molecule has 0 atom stereocenters. The van der Waals surface area contributed by atoms with E-state index in [0.717, 1.165) is 17.7 Å². The topological polar surface area (TPSA) is 33.0 Å². The van der Waals surface area contributed by atoms with Gasteiger partial charge in [0.15, 0.2) is 0 Å². The number of rotatable bonds is 7. The van der Waals surface area contributed by atoms with Gasteiger partial charge in [-0.3, -0.25) is 0 Å². The summed E-state index contributed by atoms with van der Waals surface area (Å²) < 4.78 is 5.67. The smallest absolute Gasteiger partial charge is 0.137 e. The van der Waals surface area contributed by atoms with E-state index in [1.54, 1.807) is 0 Å². The van der Waals surface area contributed by atoms with Crippen LogP contribution in [0.5, 0.6) is 5.75 Å². The van der Waals surface area contributed by atoms with E-state index in [0.29, 0.717) is 12.2 Å². The molecule has 0 bridgehead atoms. The van der Waals surface area contributed by atoms with E-state index in [1.165, 1.54) is 25.7 Å².